The molecule has 0 bridgehead atoms. The first-order valence-corrected chi connectivity index (χ1v) is 7.73. The van der Waals surface area contributed by atoms with Crippen LogP contribution in [0, 0.1) is 0 Å². The molecule has 128 valence electrons. The summed E-state index contributed by atoms with van der Waals surface area (Å²) < 4.78 is 10.6. The van der Waals surface area contributed by atoms with E-state index in [1.54, 1.807) is 50.4 Å². The molecule has 5 heteroatoms. The van der Waals surface area contributed by atoms with Crippen molar-refractivity contribution in [3.8, 4) is 17.2 Å². The van der Waals surface area contributed by atoms with Crippen molar-refractivity contribution in [1.29, 1.82) is 0 Å². The zero-order chi connectivity index (χ0) is 17.7. The van der Waals surface area contributed by atoms with E-state index in [2.05, 4.69) is 0 Å². The van der Waals surface area contributed by atoms with Crippen molar-refractivity contribution in [1.82, 2.24) is 0 Å². The fourth-order valence-corrected chi connectivity index (χ4v) is 2.55. The number of hydrogen-bond acceptors (Lipinski definition) is 4. The minimum Gasteiger partial charge on any atom is -0.508 e. The van der Waals surface area contributed by atoms with E-state index in [0.717, 1.165) is 17.0 Å². The van der Waals surface area contributed by atoms with Gasteiger partial charge in [-0.3, -0.25) is 4.79 Å². The molecule has 0 fully saturated rings. The maximum absolute atomic E-state index is 12.5. The van der Waals surface area contributed by atoms with Crippen LogP contribution in [0.4, 0.5) is 5.69 Å². The summed E-state index contributed by atoms with van der Waals surface area (Å²) in [4.78, 5) is 14.1. The number of benzene rings is 2. The molecular weight excluding hydrogens is 306 g/mol. The summed E-state index contributed by atoms with van der Waals surface area (Å²) in [5, 5.41) is 9.34. The Labute approximate surface area is 142 Å². The minimum absolute atomic E-state index is 0.00192. The first-order valence-electron chi connectivity index (χ1n) is 7.73. The van der Waals surface area contributed by atoms with Crippen molar-refractivity contribution >= 4 is 11.6 Å². The summed E-state index contributed by atoms with van der Waals surface area (Å²) in [6.45, 7) is 1.99. The van der Waals surface area contributed by atoms with Crippen molar-refractivity contribution in [2.24, 2.45) is 0 Å². The molecule has 0 saturated carbocycles. The van der Waals surface area contributed by atoms with Crippen LogP contribution < -0.4 is 14.4 Å². The Morgan fingerprint density at radius 2 is 1.79 bits per heavy atom. The van der Waals surface area contributed by atoms with Crippen LogP contribution in [0.15, 0.2) is 42.5 Å². The van der Waals surface area contributed by atoms with Gasteiger partial charge in [-0.15, -0.1) is 0 Å². The molecule has 1 atom stereocenters. The van der Waals surface area contributed by atoms with E-state index in [4.69, 9.17) is 9.47 Å². The van der Waals surface area contributed by atoms with Gasteiger partial charge in [0.2, 0.25) is 5.91 Å². The maximum Gasteiger partial charge on any atom is 0.227 e. The van der Waals surface area contributed by atoms with Gasteiger partial charge >= 0.3 is 0 Å². The summed E-state index contributed by atoms with van der Waals surface area (Å²) >= 11 is 0. The number of amides is 1. The number of aromatic hydroxyl groups is 1. The average Bonchev–Trinajstić information content (AvgIpc) is 2.60. The van der Waals surface area contributed by atoms with Gasteiger partial charge in [0.1, 0.15) is 17.2 Å². The smallest absolute Gasteiger partial charge is 0.227 e. The van der Waals surface area contributed by atoms with Crippen LogP contribution in [-0.4, -0.2) is 32.3 Å². The molecular formula is C19H23NO4. The van der Waals surface area contributed by atoms with Crippen LogP contribution >= 0.6 is 0 Å². The Morgan fingerprint density at radius 3 is 2.38 bits per heavy atom. The van der Waals surface area contributed by atoms with Crippen molar-refractivity contribution in [3.63, 3.8) is 0 Å². The average molecular weight is 329 g/mol. The molecule has 0 heterocycles. The molecule has 24 heavy (non-hydrogen) atoms. The molecule has 0 aliphatic rings. The van der Waals surface area contributed by atoms with Gasteiger partial charge in [0.05, 0.1) is 14.2 Å². The molecule has 5 nitrogen and oxygen atoms in total. The Hall–Kier alpha value is -2.69. The fourth-order valence-electron chi connectivity index (χ4n) is 2.55. The lowest BCUT2D eigenvalue weighted by Gasteiger charge is -2.21. The molecule has 0 aliphatic carbocycles. The van der Waals surface area contributed by atoms with Crippen molar-refractivity contribution < 1.29 is 19.4 Å². The topological polar surface area (TPSA) is 59.0 Å². The number of carbonyl (C=O) groups is 1. The van der Waals surface area contributed by atoms with Crippen molar-refractivity contribution in [2.75, 3.05) is 26.2 Å². The summed E-state index contributed by atoms with van der Waals surface area (Å²) in [6, 6.07) is 12.2. The maximum atomic E-state index is 12.5. The highest BCUT2D eigenvalue weighted by Crippen LogP contribution is 2.32. The van der Waals surface area contributed by atoms with Crippen LogP contribution in [0.2, 0.25) is 0 Å². The van der Waals surface area contributed by atoms with E-state index in [9.17, 15) is 9.90 Å². The van der Waals surface area contributed by atoms with Gasteiger partial charge in [-0.25, -0.2) is 0 Å². The van der Waals surface area contributed by atoms with E-state index in [1.807, 2.05) is 25.1 Å². The summed E-state index contributed by atoms with van der Waals surface area (Å²) in [7, 11) is 4.94. The van der Waals surface area contributed by atoms with Crippen LogP contribution in [0.5, 0.6) is 17.2 Å². The number of nitrogens with zero attached hydrogens (tertiary/aromatic N) is 1. The Kier molecular flexibility index (Phi) is 5.68. The lowest BCUT2D eigenvalue weighted by molar-refractivity contribution is -0.118. The highest BCUT2D eigenvalue weighted by molar-refractivity contribution is 5.93. The van der Waals surface area contributed by atoms with E-state index in [-0.39, 0.29) is 17.6 Å². The highest BCUT2D eigenvalue weighted by atomic mass is 16.5. The standard InChI is InChI=1S/C19H23NO4/c1-13(17-10-9-16(23-3)12-18(17)24-4)11-19(22)20(2)14-5-7-15(21)8-6-14/h5-10,12-13,21H,11H2,1-4H3. The third-order valence-corrected chi connectivity index (χ3v) is 4.06. The molecule has 0 saturated heterocycles. The molecule has 2 aromatic rings. The normalized spacial score (nSPS) is 11.7. The second-order valence-electron chi connectivity index (χ2n) is 5.68. The van der Waals surface area contributed by atoms with Gasteiger partial charge in [0.25, 0.3) is 0 Å². The number of phenolic OH excluding ortho intramolecular Hbond substituents is 1. The third kappa shape index (κ3) is 3.98. The van der Waals surface area contributed by atoms with Gasteiger partial charge in [0, 0.05) is 25.2 Å². The molecule has 0 spiro atoms. The third-order valence-electron chi connectivity index (χ3n) is 4.06. The van der Waals surface area contributed by atoms with E-state index < -0.39 is 0 Å². The number of rotatable bonds is 6. The Morgan fingerprint density at radius 1 is 1.12 bits per heavy atom. The fraction of sp³-hybridized carbons (Fsp3) is 0.316. The first kappa shape index (κ1) is 17.7. The number of carbonyl (C=O) groups excluding carboxylic acids is 1. The SMILES string of the molecule is COc1ccc(C(C)CC(=O)N(C)c2ccc(O)cc2)c(OC)c1. The summed E-state index contributed by atoms with van der Waals surface area (Å²) in [6.07, 6.45) is 0.347. The quantitative estimate of drug-likeness (QED) is 0.880. The summed E-state index contributed by atoms with van der Waals surface area (Å²) in [5.74, 6) is 1.59. The van der Waals surface area contributed by atoms with Crippen molar-refractivity contribution in [2.45, 2.75) is 19.3 Å². The summed E-state index contributed by atoms with van der Waals surface area (Å²) in [5.41, 5.74) is 1.71. The predicted molar refractivity (Wildman–Crippen MR) is 94.1 cm³/mol. The van der Waals surface area contributed by atoms with E-state index in [1.165, 1.54) is 0 Å². The van der Waals surface area contributed by atoms with Crippen LogP contribution in [0.25, 0.3) is 0 Å². The zero-order valence-corrected chi connectivity index (χ0v) is 14.4. The number of anilines is 1. The van der Waals surface area contributed by atoms with E-state index in [0.29, 0.717) is 12.2 Å². The monoisotopic (exact) mass is 329 g/mol. The number of phenols is 1. The van der Waals surface area contributed by atoms with Crippen molar-refractivity contribution in [3.05, 3.63) is 48.0 Å². The molecule has 2 aromatic carbocycles. The Bertz CT molecular complexity index is 697. The number of methoxy groups -OCH3 is 2. The molecule has 1 N–H and O–H groups in total. The highest BCUT2D eigenvalue weighted by Gasteiger charge is 2.19. The van der Waals surface area contributed by atoms with Gasteiger partial charge in [-0.1, -0.05) is 13.0 Å². The molecule has 1 unspecified atom stereocenters. The van der Waals surface area contributed by atoms with Gasteiger partial charge < -0.3 is 19.5 Å². The van der Waals surface area contributed by atoms with Gasteiger partial charge in [-0.05, 0) is 41.8 Å². The molecule has 2 rings (SSSR count). The second-order valence-corrected chi connectivity index (χ2v) is 5.68. The number of ether oxygens (including phenoxy) is 2. The molecule has 0 aliphatic heterocycles. The van der Waals surface area contributed by atoms with Crippen LogP contribution in [-0.2, 0) is 4.79 Å². The Balaban J connectivity index is 2.12. The van der Waals surface area contributed by atoms with E-state index >= 15 is 0 Å². The van der Waals surface area contributed by atoms with Crippen LogP contribution in [0.3, 0.4) is 0 Å². The molecule has 0 aromatic heterocycles. The second kappa shape index (κ2) is 7.73. The van der Waals surface area contributed by atoms with Gasteiger partial charge in [-0.2, -0.15) is 0 Å². The predicted octanol–water partition coefficient (Wildman–Crippen LogP) is 3.57. The lowest BCUT2D eigenvalue weighted by Crippen LogP contribution is -2.27. The number of hydrogen-bond donors (Lipinski definition) is 1. The van der Waals surface area contributed by atoms with Gasteiger partial charge in [0.15, 0.2) is 0 Å². The minimum atomic E-state index is -0.00828. The molecule has 1 amide bonds. The largest absolute Gasteiger partial charge is 0.508 e. The molecule has 0 radical (unpaired) electrons. The van der Waals surface area contributed by atoms with Crippen LogP contribution in [0.1, 0.15) is 24.8 Å². The zero-order valence-electron chi connectivity index (χ0n) is 14.4. The first-order chi connectivity index (χ1) is 11.5. The lowest BCUT2D eigenvalue weighted by atomic mass is 9.96.